The Kier molecular flexibility index (Phi) is 2.70. The van der Waals surface area contributed by atoms with E-state index >= 15 is 0 Å². The van der Waals surface area contributed by atoms with Crippen LogP contribution in [0.15, 0.2) is 77.4 Å². The Labute approximate surface area is 119 Å². The topological polar surface area (TPSA) is 9.23 Å². The molecule has 0 saturated heterocycles. The van der Waals surface area contributed by atoms with Crippen molar-refractivity contribution in [3.63, 3.8) is 0 Å². The van der Waals surface area contributed by atoms with Gasteiger partial charge in [0, 0.05) is 11.1 Å². The SMILES string of the molecule is C1=CCC(C2=Cc3ccccc3OC2C2=CC=CC2)=C1. The Balaban J connectivity index is 1.79. The maximum atomic E-state index is 6.30. The molecule has 0 spiro atoms. The number of allylic oxidation sites excluding steroid dienone is 6. The summed E-state index contributed by atoms with van der Waals surface area (Å²) in [6.07, 6.45) is 17.4. The lowest BCUT2D eigenvalue weighted by Gasteiger charge is -2.29. The lowest BCUT2D eigenvalue weighted by Crippen LogP contribution is -2.25. The smallest absolute Gasteiger partial charge is 0.146 e. The van der Waals surface area contributed by atoms with E-state index in [1.54, 1.807) is 0 Å². The van der Waals surface area contributed by atoms with Crippen LogP contribution in [-0.2, 0) is 0 Å². The molecule has 0 amide bonds. The minimum absolute atomic E-state index is 0.0612. The Hall–Kier alpha value is -2.28. The Bertz CT molecular complexity index is 698. The molecule has 0 fully saturated rings. The lowest BCUT2D eigenvalue weighted by molar-refractivity contribution is 0.268. The zero-order valence-electron chi connectivity index (χ0n) is 11.3. The van der Waals surface area contributed by atoms with Crippen LogP contribution in [0.3, 0.4) is 0 Å². The number of para-hydroxylation sites is 1. The summed E-state index contributed by atoms with van der Waals surface area (Å²) in [6.45, 7) is 0. The zero-order valence-corrected chi connectivity index (χ0v) is 11.3. The van der Waals surface area contributed by atoms with Crippen LogP contribution in [0.4, 0.5) is 0 Å². The zero-order chi connectivity index (χ0) is 13.4. The first-order chi connectivity index (χ1) is 9.92. The Morgan fingerprint density at radius 3 is 2.60 bits per heavy atom. The van der Waals surface area contributed by atoms with E-state index in [4.69, 9.17) is 4.74 Å². The van der Waals surface area contributed by atoms with Gasteiger partial charge < -0.3 is 4.74 Å². The van der Waals surface area contributed by atoms with E-state index in [9.17, 15) is 0 Å². The number of hydrogen-bond acceptors (Lipinski definition) is 1. The van der Waals surface area contributed by atoms with Gasteiger partial charge in [0.2, 0.25) is 0 Å². The molecule has 4 rings (SSSR count). The van der Waals surface area contributed by atoms with Gasteiger partial charge in [-0.05, 0) is 36.1 Å². The first-order valence-electron chi connectivity index (χ1n) is 7.11. The normalized spacial score (nSPS) is 23.0. The van der Waals surface area contributed by atoms with Crippen molar-refractivity contribution in [2.75, 3.05) is 0 Å². The molecule has 1 aromatic carbocycles. The summed E-state index contributed by atoms with van der Waals surface area (Å²) < 4.78 is 6.30. The minimum atomic E-state index is 0.0612. The molecule has 0 bridgehead atoms. The van der Waals surface area contributed by atoms with Gasteiger partial charge in [-0.25, -0.2) is 0 Å². The fourth-order valence-electron chi connectivity index (χ4n) is 3.00. The van der Waals surface area contributed by atoms with Gasteiger partial charge in [0.15, 0.2) is 0 Å². The predicted octanol–water partition coefficient (Wildman–Crippen LogP) is 4.60. The largest absolute Gasteiger partial charge is 0.481 e. The predicted molar refractivity (Wildman–Crippen MR) is 82.5 cm³/mol. The third-order valence-electron chi connectivity index (χ3n) is 4.04. The highest BCUT2D eigenvalue weighted by Crippen LogP contribution is 2.38. The maximum Gasteiger partial charge on any atom is 0.146 e. The van der Waals surface area contributed by atoms with E-state index in [0.717, 1.165) is 18.6 Å². The van der Waals surface area contributed by atoms with Gasteiger partial charge in [0.1, 0.15) is 11.9 Å². The molecule has 0 radical (unpaired) electrons. The van der Waals surface area contributed by atoms with Gasteiger partial charge in [-0.3, -0.25) is 0 Å². The first-order valence-corrected chi connectivity index (χ1v) is 7.11. The summed E-state index contributed by atoms with van der Waals surface area (Å²) in [4.78, 5) is 0. The van der Waals surface area contributed by atoms with Gasteiger partial charge in [-0.1, -0.05) is 54.7 Å². The highest BCUT2D eigenvalue weighted by atomic mass is 16.5. The minimum Gasteiger partial charge on any atom is -0.481 e. The van der Waals surface area contributed by atoms with Gasteiger partial charge in [-0.2, -0.15) is 0 Å². The number of fused-ring (bicyclic) bond motifs is 1. The maximum absolute atomic E-state index is 6.30. The molecule has 2 aliphatic carbocycles. The number of benzene rings is 1. The van der Waals surface area contributed by atoms with Crippen molar-refractivity contribution in [2.45, 2.75) is 18.9 Å². The van der Waals surface area contributed by atoms with E-state index in [-0.39, 0.29) is 6.10 Å². The molecule has 1 aromatic rings. The van der Waals surface area contributed by atoms with Gasteiger partial charge in [0.25, 0.3) is 0 Å². The van der Waals surface area contributed by atoms with Crippen LogP contribution in [-0.4, -0.2) is 6.10 Å². The van der Waals surface area contributed by atoms with Crippen LogP contribution >= 0.6 is 0 Å². The molecular weight excluding hydrogens is 244 g/mol. The van der Waals surface area contributed by atoms with Crippen LogP contribution in [0.5, 0.6) is 5.75 Å². The average Bonchev–Trinajstić information content (AvgIpc) is 3.19. The molecular formula is C19H16O. The Morgan fingerprint density at radius 2 is 1.80 bits per heavy atom. The summed E-state index contributed by atoms with van der Waals surface area (Å²) in [6, 6.07) is 8.27. The number of rotatable bonds is 2. The monoisotopic (exact) mass is 260 g/mol. The van der Waals surface area contributed by atoms with Crippen molar-refractivity contribution in [1.82, 2.24) is 0 Å². The fourth-order valence-corrected chi connectivity index (χ4v) is 3.00. The number of hydrogen-bond donors (Lipinski definition) is 0. The third kappa shape index (κ3) is 1.87. The molecule has 0 aromatic heterocycles. The van der Waals surface area contributed by atoms with E-state index in [1.165, 1.54) is 22.3 Å². The quantitative estimate of drug-likeness (QED) is 0.755. The van der Waals surface area contributed by atoms with E-state index in [2.05, 4.69) is 60.7 Å². The lowest BCUT2D eigenvalue weighted by atomic mass is 9.90. The van der Waals surface area contributed by atoms with E-state index in [0.29, 0.717) is 0 Å². The summed E-state index contributed by atoms with van der Waals surface area (Å²) >= 11 is 0. The van der Waals surface area contributed by atoms with Crippen LogP contribution in [0.1, 0.15) is 18.4 Å². The molecule has 1 unspecified atom stereocenters. The van der Waals surface area contributed by atoms with Crippen molar-refractivity contribution < 1.29 is 4.74 Å². The van der Waals surface area contributed by atoms with Gasteiger partial charge in [0.05, 0.1) is 0 Å². The summed E-state index contributed by atoms with van der Waals surface area (Å²) in [5, 5.41) is 0. The van der Waals surface area contributed by atoms with Crippen molar-refractivity contribution in [2.24, 2.45) is 0 Å². The molecule has 3 aliphatic rings. The number of ether oxygens (including phenoxy) is 1. The molecule has 1 heterocycles. The second-order valence-corrected chi connectivity index (χ2v) is 5.33. The molecule has 1 atom stereocenters. The molecule has 0 saturated carbocycles. The van der Waals surface area contributed by atoms with Crippen molar-refractivity contribution in [3.05, 3.63) is 83.0 Å². The molecule has 1 nitrogen and oxygen atoms in total. The Morgan fingerprint density at radius 1 is 0.950 bits per heavy atom. The highest BCUT2D eigenvalue weighted by Gasteiger charge is 2.28. The first kappa shape index (κ1) is 11.5. The van der Waals surface area contributed by atoms with E-state index < -0.39 is 0 Å². The van der Waals surface area contributed by atoms with Crippen molar-refractivity contribution >= 4 is 6.08 Å². The second-order valence-electron chi connectivity index (χ2n) is 5.33. The molecule has 98 valence electrons. The van der Waals surface area contributed by atoms with Crippen molar-refractivity contribution in [1.29, 1.82) is 0 Å². The average molecular weight is 260 g/mol. The molecule has 20 heavy (non-hydrogen) atoms. The van der Waals surface area contributed by atoms with Crippen molar-refractivity contribution in [3.8, 4) is 5.75 Å². The van der Waals surface area contributed by atoms with Gasteiger partial charge >= 0.3 is 0 Å². The second kappa shape index (κ2) is 4.68. The van der Waals surface area contributed by atoms with Crippen LogP contribution in [0.2, 0.25) is 0 Å². The van der Waals surface area contributed by atoms with Gasteiger partial charge in [-0.15, -0.1) is 0 Å². The standard InChI is InChI=1S/C19H16O/c1-2-8-14(7-1)17-13-16-11-5-6-12-18(16)20-19(17)15-9-3-4-10-15/h1-7,9,11-13,19H,8,10H2. The summed E-state index contributed by atoms with van der Waals surface area (Å²) in [7, 11) is 0. The van der Waals surface area contributed by atoms with Crippen LogP contribution in [0.25, 0.3) is 6.08 Å². The molecule has 0 N–H and O–H groups in total. The van der Waals surface area contributed by atoms with Crippen LogP contribution < -0.4 is 4.74 Å². The van der Waals surface area contributed by atoms with E-state index in [1.807, 2.05) is 6.07 Å². The van der Waals surface area contributed by atoms with Crippen LogP contribution in [0, 0.1) is 0 Å². The fraction of sp³-hybridized carbons (Fsp3) is 0.158. The highest BCUT2D eigenvalue weighted by molar-refractivity contribution is 5.69. The molecule has 1 heteroatoms. The third-order valence-corrected chi connectivity index (χ3v) is 4.04. The summed E-state index contributed by atoms with van der Waals surface area (Å²) in [5.41, 5.74) is 5.21. The molecule has 1 aliphatic heterocycles. The summed E-state index contributed by atoms with van der Waals surface area (Å²) in [5.74, 6) is 0.987.